The minimum Gasteiger partial charge on any atom is -0.350 e. The van der Waals surface area contributed by atoms with Crippen LogP contribution < -0.4 is 15.9 Å². The number of hydrazine groups is 1. The van der Waals surface area contributed by atoms with Crippen LogP contribution in [0.5, 0.6) is 0 Å². The number of primary amides is 1. The highest BCUT2D eigenvalue weighted by Crippen LogP contribution is 2.22. The molecule has 100 valence electrons. The lowest BCUT2D eigenvalue weighted by molar-refractivity contribution is 0.164. The number of hydrogen-bond acceptors (Lipinski definition) is 3. The summed E-state index contributed by atoms with van der Waals surface area (Å²) in [6.07, 6.45) is 2.10. The second-order valence-electron chi connectivity index (χ2n) is 4.35. The van der Waals surface area contributed by atoms with Gasteiger partial charge in [-0.15, -0.1) is 4.83 Å². The summed E-state index contributed by atoms with van der Waals surface area (Å²) >= 11 is -2.27. The summed E-state index contributed by atoms with van der Waals surface area (Å²) in [5, 5.41) is 4.27. The normalized spacial score (nSPS) is 20.8. The quantitative estimate of drug-likeness (QED) is 0.402. The highest BCUT2D eigenvalue weighted by atomic mass is 32.2. The summed E-state index contributed by atoms with van der Waals surface area (Å²) in [6, 6.07) is -0.742. The fourth-order valence-electron chi connectivity index (χ4n) is 2.12. The van der Waals surface area contributed by atoms with Gasteiger partial charge < -0.3 is 11.1 Å². The number of amides is 2. The molecule has 2 amide bonds. The SMILES string of the molecule is CC(CN(NS(=O)O)C(N)=O)C1CCNCC1. The Kier molecular flexibility index (Phi) is 5.83. The molecule has 7 nitrogen and oxygen atoms in total. The number of hydrogen-bond donors (Lipinski definition) is 4. The average Bonchev–Trinajstić information content (AvgIpc) is 2.28. The van der Waals surface area contributed by atoms with Gasteiger partial charge in [0.15, 0.2) is 0 Å². The molecule has 0 saturated carbocycles. The van der Waals surface area contributed by atoms with E-state index < -0.39 is 17.3 Å². The number of nitrogens with zero attached hydrogens (tertiary/aromatic N) is 1. The summed E-state index contributed by atoms with van der Waals surface area (Å²) < 4.78 is 19.3. The monoisotopic (exact) mass is 264 g/mol. The maximum Gasteiger partial charge on any atom is 0.329 e. The highest BCUT2D eigenvalue weighted by molar-refractivity contribution is 7.77. The maximum absolute atomic E-state index is 11.1. The minimum atomic E-state index is -2.27. The predicted octanol–water partition coefficient (Wildman–Crippen LogP) is -0.356. The summed E-state index contributed by atoms with van der Waals surface area (Å²) in [7, 11) is 0. The molecular formula is C9H20N4O3S. The molecule has 1 aliphatic heterocycles. The van der Waals surface area contributed by atoms with Crippen LogP contribution >= 0.6 is 0 Å². The zero-order valence-electron chi connectivity index (χ0n) is 9.89. The largest absolute Gasteiger partial charge is 0.350 e. The lowest BCUT2D eigenvalue weighted by atomic mass is 9.86. The zero-order valence-corrected chi connectivity index (χ0v) is 10.7. The fourth-order valence-corrected chi connectivity index (χ4v) is 2.47. The molecule has 5 N–H and O–H groups in total. The topological polar surface area (TPSA) is 108 Å². The van der Waals surface area contributed by atoms with Crippen LogP contribution in [0.3, 0.4) is 0 Å². The molecule has 1 fully saturated rings. The Morgan fingerprint density at radius 1 is 1.65 bits per heavy atom. The van der Waals surface area contributed by atoms with E-state index in [1.165, 1.54) is 0 Å². The molecule has 8 heteroatoms. The number of rotatable bonds is 5. The third kappa shape index (κ3) is 4.99. The first kappa shape index (κ1) is 14.4. The molecule has 0 aliphatic carbocycles. The van der Waals surface area contributed by atoms with Crippen molar-refractivity contribution in [2.75, 3.05) is 19.6 Å². The van der Waals surface area contributed by atoms with Gasteiger partial charge in [0, 0.05) is 6.54 Å². The number of nitrogens with one attached hydrogen (secondary N) is 2. The van der Waals surface area contributed by atoms with Crippen LogP contribution in [0.25, 0.3) is 0 Å². The van der Waals surface area contributed by atoms with Gasteiger partial charge in [-0.25, -0.2) is 14.0 Å². The van der Waals surface area contributed by atoms with Gasteiger partial charge in [0.1, 0.15) is 0 Å². The number of carbonyl (C=O) groups excluding carboxylic acids is 1. The summed E-state index contributed by atoms with van der Waals surface area (Å²) in [4.78, 5) is 13.2. The Balaban J connectivity index is 2.47. The number of carbonyl (C=O) groups is 1. The highest BCUT2D eigenvalue weighted by Gasteiger charge is 2.23. The summed E-state index contributed by atoms with van der Waals surface area (Å²) in [5.41, 5.74) is 5.13. The molecule has 1 aliphatic rings. The summed E-state index contributed by atoms with van der Waals surface area (Å²) in [5.74, 6) is 0.743. The van der Waals surface area contributed by atoms with E-state index in [0.717, 1.165) is 30.9 Å². The number of nitrogens with two attached hydrogens (primary N) is 1. The van der Waals surface area contributed by atoms with Gasteiger partial charge in [-0.05, 0) is 37.8 Å². The second kappa shape index (κ2) is 6.90. The first-order chi connectivity index (χ1) is 8.00. The standard InChI is InChI=1S/C9H20N4O3S/c1-7(8-2-4-11-5-3-8)6-13(9(10)14)12-17(15)16/h7-8,11-12H,2-6H2,1H3,(H2,10,14)(H,15,16). The van der Waals surface area contributed by atoms with Crippen molar-refractivity contribution in [2.24, 2.45) is 17.6 Å². The lowest BCUT2D eigenvalue weighted by Gasteiger charge is -2.31. The van der Waals surface area contributed by atoms with Crippen LogP contribution in [0.15, 0.2) is 0 Å². The van der Waals surface area contributed by atoms with E-state index in [9.17, 15) is 9.00 Å². The van der Waals surface area contributed by atoms with E-state index >= 15 is 0 Å². The van der Waals surface area contributed by atoms with Crippen molar-refractivity contribution in [3.63, 3.8) is 0 Å². The second-order valence-corrected chi connectivity index (χ2v) is 5.03. The Labute approximate surface area is 103 Å². The molecule has 0 spiro atoms. The molecule has 17 heavy (non-hydrogen) atoms. The van der Waals surface area contributed by atoms with E-state index in [2.05, 4.69) is 10.1 Å². The van der Waals surface area contributed by atoms with Crippen molar-refractivity contribution in [1.82, 2.24) is 15.2 Å². The van der Waals surface area contributed by atoms with Crippen molar-refractivity contribution < 1.29 is 13.6 Å². The lowest BCUT2D eigenvalue weighted by Crippen LogP contribution is -2.49. The van der Waals surface area contributed by atoms with E-state index in [4.69, 9.17) is 10.3 Å². The fraction of sp³-hybridized carbons (Fsp3) is 0.889. The van der Waals surface area contributed by atoms with Crippen LogP contribution in [0.2, 0.25) is 0 Å². The van der Waals surface area contributed by atoms with Crippen molar-refractivity contribution in [3.8, 4) is 0 Å². The molecule has 2 atom stereocenters. The smallest absolute Gasteiger partial charge is 0.329 e. The van der Waals surface area contributed by atoms with Crippen LogP contribution in [0.4, 0.5) is 4.79 Å². The van der Waals surface area contributed by atoms with Gasteiger partial charge in [-0.1, -0.05) is 6.92 Å². The molecule has 1 rings (SSSR count). The van der Waals surface area contributed by atoms with Crippen LogP contribution in [-0.4, -0.2) is 39.4 Å². The number of urea groups is 1. The van der Waals surface area contributed by atoms with Gasteiger partial charge in [0.25, 0.3) is 11.3 Å². The first-order valence-electron chi connectivity index (χ1n) is 5.65. The van der Waals surface area contributed by atoms with Crippen molar-refractivity contribution >= 4 is 17.3 Å². The van der Waals surface area contributed by atoms with Gasteiger partial charge in [-0.2, -0.15) is 0 Å². The summed E-state index contributed by atoms with van der Waals surface area (Å²) in [6.45, 7) is 4.32. The average molecular weight is 264 g/mol. The molecule has 0 aromatic rings. The van der Waals surface area contributed by atoms with Crippen molar-refractivity contribution in [1.29, 1.82) is 0 Å². The molecule has 2 unspecified atom stereocenters. The third-order valence-electron chi connectivity index (χ3n) is 3.11. The van der Waals surface area contributed by atoms with Gasteiger partial charge >= 0.3 is 6.03 Å². The van der Waals surface area contributed by atoms with Crippen LogP contribution in [0, 0.1) is 11.8 Å². The van der Waals surface area contributed by atoms with E-state index in [-0.39, 0.29) is 5.92 Å². The Bertz CT molecular complexity index is 283. The molecule has 0 aromatic carbocycles. The van der Waals surface area contributed by atoms with E-state index in [1.54, 1.807) is 0 Å². The van der Waals surface area contributed by atoms with Crippen LogP contribution in [-0.2, 0) is 11.3 Å². The Morgan fingerprint density at radius 3 is 2.71 bits per heavy atom. The minimum absolute atomic E-state index is 0.237. The van der Waals surface area contributed by atoms with Crippen molar-refractivity contribution in [2.45, 2.75) is 19.8 Å². The van der Waals surface area contributed by atoms with Crippen molar-refractivity contribution in [3.05, 3.63) is 0 Å². The molecule has 0 bridgehead atoms. The molecule has 1 saturated heterocycles. The first-order valence-corrected chi connectivity index (χ1v) is 6.76. The van der Waals surface area contributed by atoms with Crippen LogP contribution in [0.1, 0.15) is 19.8 Å². The third-order valence-corrected chi connectivity index (χ3v) is 3.49. The molecule has 0 aromatic heterocycles. The Morgan fingerprint density at radius 2 is 2.24 bits per heavy atom. The van der Waals surface area contributed by atoms with Gasteiger partial charge in [0.2, 0.25) is 0 Å². The molecule has 0 radical (unpaired) electrons. The molecule has 1 heterocycles. The predicted molar refractivity (Wildman–Crippen MR) is 65.0 cm³/mol. The number of piperidine rings is 1. The molecular weight excluding hydrogens is 244 g/mol. The van der Waals surface area contributed by atoms with Gasteiger partial charge in [0.05, 0.1) is 0 Å². The zero-order chi connectivity index (χ0) is 12.8. The van der Waals surface area contributed by atoms with E-state index in [1.807, 2.05) is 6.92 Å². The van der Waals surface area contributed by atoms with Gasteiger partial charge in [-0.3, -0.25) is 4.55 Å². The Hall–Kier alpha value is -0.700. The van der Waals surface area contributed by atoms with E-state index in [0.29, 0.717) is 12.5 Å². The maximum atomic E-state index is 11.1.